The molecule has 0 heterocycles. The van der Waals surface area contributed by atoms with Crippen molar-refractivity contribution in [2.45, 2.75) is 19.8 Å². The molecule has 1 aliphatic carbocycles. The van der Waals surface area contributed by atoms with E-state index in [1.165, 1.54) is 21.5 Å². The maximum Gasteiger partial charge on any atom is 0.185 e. The fraction of sp³-hybridized carbons (Fsp3) is 0.138. The van der Waals surface area contributed by atoms with Gasteiger partial charge in [0.2, 0.25) is 0 Å². The first kappa shape index (κ1) is 18.6. The summed E-state index contributed by atoms with van der Waals surface area (Å²) in [5, 5.41) is 4.85. The lowest BCUT2D eigenvalue weighted by Gasteiger charge is -2.22. The Bertz CT molecular complexity index is 1220. The fourth-order valence-electron chi connectivity index (χ4n) is 4.46. The highest BCUT2D eigenvalue weighted by Crippen LogP contribution is 2.33. The van der Waals surface area contributed by atoms with Gasteiger partial charge >= 0.3 is 0 Å². The highest BCUT2D eigenvalue weighted by Gasteiger charge is 2.25. The second-order valence-electron chi connectivity index (χ2n) is 8.39. The molecule has 1 saturated carbocycles. The molecule has 5 rings (SSSR count). The molecule has 1 fully saturated rings. The number of hydrogen-bond donors (Lipinski definition) is 0. The van der Waals surface area contributed by atoms with Gasteiger partial charge in [-0.25, -0.2) is 0 Å². The van der Waals surface area contributed by atoms with E-state index >= 15 is 0 Å². The number of rotatable bonds is 2. The van der Waals surface area contributed by atoms with E-state index in [0.717, 1.165) is 35.1 Å². The zero-order chi connectivity index (χ0) is 20.5. The largest absolute Gasteiger partial charge is 0.289 e. The lowest BCUT2D eigenvalue weighted by molar-refractivity contribution is -0.113. The molecule has 1 unspecified atom stereocenters. The van der Waals surface area contributed by atoms with Gasteiger partial charge in [-0.1, -0.05) is 79.7 Å². The normalized spacial score (nSPS) is 19.8. The summed E-state index contributed by atoms with van der Waals surface area (Å²) < 4.78 is 0. The highest BCUT2D eigenvalue weighted by molar-refractivity contribution is 6.14. The van der Waals surface area contributed by atoms with Crippen molar-refractivity contribution in [2.75, 3.05) is 0 Å². The summed E-state index contributed by atoms with van der Waals surface area (Å²) in [6.45, 7) is 2.23. The Labute approximate surface area is 177 Å². The third-order valence-electron chi connectivity index (χ3n) is 5.95. The number of Topliss-reactive ketones (excluding diaryl/α,β-unsaturated/α-hetero) is 1. The van der Waals surface area contributed by atoms with Crippen molar-refractivity contribution in [3.63, 3.8) is 0 Å². The van der Waals surface area contributed by atoms with Crippen molar-refractivity contribution in [2.24, 2.45) is 5.92 Å². The van der Waals surface area contributed by atoms with Crippen LogP contribution in [-0.4, -0.2) is 5.78 Å². The first-order valence-corrected chi connectivity index (χ1v) is 10.6. The Morgan fingerprint density at radius 1 is 0.633 bits per heavy atom. The summed E-state index contributed by atoms with van der Waals surface area (Å²) in [7, 11) is 0. The van der Waals surface area contributed by atoms with Gasteiger partial charge < -0.3 is 0 Å². The smallest absolute Gasteiger partial charge is 0.185 e. The molecular weight excluding hydrogens is 364 g/mol. The molecule has 1 heteroatoms. The van der Waals surface area contributed by atoms with Crippen LogP contribution in [0.25, 0.3) is 33.7 Å². The molecule has 1 aliphatic rings. The SMILES string of the molecule is CC1C/C(=C/c2ccc3ccccc3c2)C(=O)/C(=C/c2ccc3ccccc3c2)C1. The first-order valence-electron chi connectivity index (χ1n) is 10.6. The van der Waals surface area contributed by atoms with Crippen LogP contribution in [0.3, 0.4) is 0 Å². The Morgan fingerprint density at radius 3 is 1.53 bits per heavy atom. The standard InChI is InChI=1S/C29H24O/c1-20-14-27(18-21-10-12-23-6-2-4-8-25(23)16-21)29(30)28(15-20)19-22-11-13-24-7-3-5-9-26(24)17-22/h2-13,16-20H,14-15H2,1H3/b27-18-,28-19+. The molecule has 0 aromatic heterocycles. The molecule has 0 N–H and O–H groups in total. The van der Waals surface area contributed by atoms with E-state index in [1.54, 1.807) is 0 Å². The Kier molecular flexibility index (Phi) is 4.80. The van der Waals surface area contributed by atoms with Gasteiger partial charge in [0.15, 0.2) is 5.78 Å². The second kappa shape index (κ2) is 7.76. The van der Waals surface area contributed by atoms with Crippen LogP contribution >= 0.6 is 0 Å². The molecule has 30 heavy (non-hydrogen) atoms. The third-order valence-corrected chi connectivity index (χ3v) is 5.95. The summed E-state index contributed by atoms with van der Waals surface area (Å²) in [4.78, 5) is 13.3. The summed E-state index contributed by atoms with van der Waals surface area (Å²) in [5.74, 6) is 0.649. The third kappa shape index (κ3) is 3.71. The van der Waals surface area contributed by atoms with Crippen LogP contribution < -0.4 is 0 Å². The van der Waals surface area contributed by atoms with Crippen LogP contribution in [0.15, 0.2) is 96.1 Å². The van der Waals surface area contributed by atoms with Gasteiger partial charge in [-0.05, 0) is 75.7 Å². The van der Waals surface area contributed by atoms with Gasteiger partial charge in [-0.2, -0.15) is 0 Å². The number of carbonyl (C=O) groups is 1. The van der Waals surface area contributed by atoms with E-state index in [-0.39, 0.29) is 5.78 Å². The van der Waals surface area contributed by atoms with Crippen LogP contribution in [0.5, 0.6) is 0 Å². The number of hydrogen-bond acceptors (Lipinski definition) is 1. The minimum absolute atomic E-state index is 0.189. The quantitative estimate of drug-likeness (QED) is 0.326. The van der Waals surface area contributed by atoms with Crippen LogP contribution in [-0.2, 0) is 4.79 Å². The molecule has 0 aliphatic heterocycles. The Balaban J connectivity index is 1.50. The van der Waals surface area contributed by atoms with Gasteiger partial charge in [0.1, 0.15) is 0 Å². The minimum atomic E-state index is 0.189. The molecular formula is C29H24O. The van der Waals surface area contributed by atoms with Crippen LogP contribution in [0.2, 0.25) is 0 Å². The fourth-order valence-corrected chi connectivity index (χ4v) is 4.46. The molecule has 4 aromatic carbocycles. The van der Waals surface area contributed by atoms with Crippen molar-refractivity contribution in [1.82, 2.24) is 0 Å². The van der Waals surface area contributed by atoms with E-state index in [9.17, 15) is 4.79 Å². The maximum absolute atomic E-state index is 13.3. The van der Waals surface area contributed by atoms with Crippen molar-refractivity contribution in [3.8, 4) is 0 Å². The molecule has 1 atom stereocenters. The molecule has 4 aromatic rings. The number of allylic oxidation sites excluding steroid dienone is 2. The monoisotopic (exact) mass is 388 g/mol. The molecule has 0 amide bonds. The van der Waals surface area contributed by atoms with E-state index < -0.39 is 0 Å². The van der Waals surface area contributed by atoms with Crippen LogP contribution in [0, 0.1) is 5.92 Å². The van der Waals surface area contributed by atoms with Crippen molar-refractivity contribution >= 4 is 39.5 Å². The van der Waals surface area contributed by atoms with Crippen molar-refractivity contribution in [1.29, 1.82) is 0 Å². The van der Waals surface area contributed by atoms with E-state index in [0.29, 0.717) is 5.92 Å². The molecule has 0 saturated heterocycles. The van der Waals surface area contributed by atoms with Crippen LogP contribution in [0.4, 0.5) is 0 Å². The van der Waals surface area contributed by atoms with Gasteiger partial charge in [-0.3, -0.25) is 4.79 Å². The van der Waals surface area contributed by atoms with Gasteiger partial charge in [-0.15, -0.1) is 0 Å². The lowest BCUT2D eigenvalue weighted by Crippen LogP contribution is -2.18. The van der Waals surface area contributed by atoms with Gasteiger partial charge in [0, 0.05) is 11.1 Å². The number of ketones is 1. The minimum Gasteiger partial charge on any atom is -0.289 e. The zero-order valence-corrected chi connectivity index (χ0v) is 17.1. The number of carbonyl (C=O) groups excluding carboxylic acids is 1. The number of benzene rings is 4. The molecule has 1 nitrogen and oxygen atoms in total. The van der Waals surface area contributed by atoms with Crippen molar-refractivity contribution in [3.05, 3.63) is 107 Å². The highest BCUT2D eigenvalue weighted by atomic mass is 16.1. The summed E-state index contributed by atoms with van der Waals surface area (Å²) >= 11 is 0. The van der Waals surface area contributed by atoms with Gasteiger partial charge in [0.25, 0.3) is 0 Å². The van der Waals surface area contributed by atoms with E-state index in [1.807, 2.05) is 0 Å². The lowest BCUT2D eigenvalue weighted by atomic mass is 9.80. The predicted octanol–water partition coefficient (Wildman–Crippen LogP) is 7.46. The second-order valence-corrected chi connectivity index (χ2v) is 8.39. The molecule has 0 radical (unpaired) electrons. The summed E-state index contributed by atoms with van der Waals surface area (Å²) in [5.41, 5.74) is 4.01. The van der Waals surface area contributed by atoms with Gasteiger partial charge in [0.05, 0.1) is 0 Å². The average Bonchev–Trinajstić information content (AvgIpc) is 2.77. The Hall–Kier alpha value is -3.45. The first-order chi connectivity index (χ1) is 14.7. The maximum atomic E-state index is 13.3. The molecule has 146 valence electrons. The zero-order valence-electron chi connectivity index (χ0n) is 17.1. The van der Waals surface area contributed by atoms with Crippen LogP contribution in [0.1, 0.15) is 30.9 Å². The van der Waals surface area contributed by atoms with Crippen molar-refractivity contribution < 1.29 is 4.79 Å². The summed E-state index contributed by atoms with van der Waals surface area (Å²) in [6, 6.07) is 29.5. The van der Waals surface area contributed by atoms with E-state index in [4.69, 9.17) is 0 Å². The van der Waals surface area contributed by atoms with E-state index in [2.05, 4.69) is 104 Å². The predicted molar refractivity (Wildman–Crippen MR) is 127 cm³/mol. The molecule has 0 spiro atoms. The number of fused-ring (bicyclic) bond motifs is 2. The average molecular weight is 389 g/mol. The summed E-state index contributed by atoms with van der Waals surface area (Å²) in [6.07, 6.45) is 5.83. The molecule has 0 bridgehead atoms. The topological polar surface area (TPSA) is 17.1 Å². The Morgan fingerprint density at radius 2 is 1.07 bits per heavy atom.